The Labute approximate surface area is 69.8 Å². The summed E-state index contributed by atoms with van der Waals surface area (Å²) in [5.74, 6) is 3.37. The molecule has 0 spiro atoms. The lowest BCUT2D eigenvalue weighted by Gasteiger charge is -2.07. The van der Waals surface area contributed by atoms with Gasteiger partial charge in [-0.15, -0.1) is 22.0 Å². The third-order valence-corrected chi connectivity index (χ3v) is 3.59. The zero-order valence-electron chi connectivity index (χ0n) is 6.20. The van der Waals surface area contributed by atoms with Gasteiger partial charge in [0.25, 0.3) is 0 Å². The zero-order valence-corrected chi connectivity index (χ0v) is 7.20. The van der Waals surface area contributed by atoms with Crippen molar-refractivity contribution in [2.75, 3.05) is 0 Å². The SMILES string of the molecule is C=C[Si](C=NO)(C=NO)C=NO. The third kappa shape index (κ3) is 2.54. The van der Waals surface area contributed by atoms with Crippen molar-refractivity contribution in [2.24, 2.45) is 15.5 Å². The molecule has 0 saturated carbocycles. The van der Waals surface area contributed by atoms with Crippen LogP contribution in [-0.2, 0) is 0 Å². The summed E-state index contributed by atoms with van der Waals surface area (Å²) in [5.41, 5.74) is 1.41. The predicted octanol–water partition coefficient (Wildman–Crippen LogP) is 0.158. The highest BCUT2D eigenvalue weighted by molar-refractivity contribution is 7.36. The van der Waals surface area contributed by atoms with E-state index in [0.29, 0.717) is 0 Å². The molecule has 0 fully saturated rings. The second kappa shape index (κ2) is 5.08. The molecule has 6 nitrogen and oxygen atoms in total. The Morgan fingerprint density at radius 3 is 1.42 bits per heavy atom. The third-order valence-electron chi connectivity index (χ3n) is 1.20. The molecule has 0 amide bonds. The molecule has 0 atom stereocenters. The van der Waals surface area contributed by atoms with E-state index in [4.69, 9.17) is 15.6 Å². The van der Waals surface area contributed by atoms with Gasteiger partial charge in [0.1, 0.15) is 0 Å². The molecule has 0 unspecified atom stereocenters. The van der Waals surface area contributed by atoms with Gasteiger partial charge < -0.3 is 15.6 Å². The maximum atomic E-state index is 8.26. The molecule has 0 aliphatic carbocycles. The molecule has 3 N–H and O–H groups in total. The van der Waals surface area contributed by atoms with Crippen LogP contribution in [0.4, 0.5) is 0 Å². The van der Waals surface area contributed by atoms with Gasteiger partial charge in [-0.2, -0.15) is 0 Å². The molecular formula is C5H9N3O3Si. The highest BCUT2D eigenvalue weighted by Gasteiger charge is 2.24. The van der Waals surface area contributed by atoms with Crippen LogP contribution in [-0.4, -0.2) is 41.2 Å². The number of nitrogens with zero attached hydrogens (tertiary/aromatic N) is 3. The van der Waals surface area contributed by atoms with Gasteiger partial charge in [-0.1, -0.05) is 5.70 Å². The summed E-state index contributed by atoms with van der Waals surface area (Å²) in [6.07, 6.45) is 0. The number of oxime groups is 3. The molecule has 0 aliphatic heterocycles. The second-order valence-corrected chi connectivity index (χ2v) is 5.12. The van der Waals surface area contributed by atoms with Crippen molar-refractivity contribution in [1.82, 2.24) is 0 Å². The number of rotatable bonds is 4. The van der Waals surface area contributed by atoms with Gasteiger partial charge >= 0.3 is 0 Å². The van der Waals surface area contributed by atoms with Gasteiger partial charge in [0, 0.05) is 17.5 Å². The molecule has 0 heterocycles. The van der Waals surface area contributed by atoms with Crippen molar-refractivity contribution in [3.05, 3.63) is 12.3 Å². The minimum atomic E-state index is -2.63. The van der Waals surface area contributed by atoms with Crippen LogP contribution in [0.25, 0.3) is 0 Å². The first-order valence-corrected chi connectivity index (χ1v) is 5.25. The van der Waals surface area contributed by atoms with Crippen LogP contribution in [0.5, 0.6) is 0 Å². The minimum absolute atomic E-state index is 1.12. The van der Waals surface area contributed by atoms with Crippen LogP contribution >= 0.6 is 0 Å². The molecule has 0 rings (SSSR count). The average molecular weight is 187 g/mol. The van der Waals surface area contributed by atoms with E-state index in [1.807, 2.05) is 0 Å². The van der Waals surface area contributed by atoms with Crippen LogP contribution in [0.2, 0.25) is 0 Å². The fraction of sp³-hybridized carbons (Fsp3) is 0. The average Bonchev–Trinajstić information content (AvgIpc) is 2.06. The Morgan fingerprint density at radius 1 is 0.917 bits per heavy atom. The van der Waals surface area contributed by atoms with E-state index >= 15 is 0 Å². The van der Waals surface area contributed by atoms with Gasteiger partial charge in [0.15, 0.2) is 0 Å². The standard InChI is InChI=1S/C5H9N3O3Si/c1-2-12(3-6-9,4-7-10)5-8-11/h2-5,9-11H,1H2. The minimum Gasteiger partial charge on any atom is -0.411 e. The quantitative estimate of drug-likeness (QED) is 0.253. The molecule has 7 heteroatoms. The summed E-state index contributed by atoms with van der Waals surface area (Å²) in [5, 5.41) is 33.1. The fourth-order valence-electron chi connectivity index (χ4n) is 0.558. The van der Waals surface area contributed by atoms with Crippen molar-refractivity contribution in [3.63, 3.8) is 0 Å². The Hall–Kier alpha value is -1.63. The summed E-state index contributed by atoms with van der Waals surface area (Å²) >= 11 is 0. The molecular weight excluding hydrogens is 178 g/mol. The first-order chi connectivity index (χ1) is 5.74. The molecule has 0 radical (unpaired) electrons. The largest absolute Gasteiger partial charge is 0.411 e. The van der Waals surface area contributed by atoms with E-state index in [-0.39, 0.29) is 0 Å². The first kappa shape index (κ1) is 10.4. The molecule has 0 aliphatic rings. The normalized spacial score (nSPS) is 17.3. The highest BCUT2D eigenvalue weighted by Crippen LogP contribution is 1.94. The van der Waals surface area contributed by atoms with Gasteiger partial charge in [-0.05, 0) is 0 Å². The van der Waals surface area contributed by atoms with E-state index in [9.17, 15) is 0 Å². The fourth-order valence-corrected chi connectivity index (χ4v) is 1.67. The topological polar surface area (TPSA) is 97.8 Å². The molecule has 66 valence electrons. The highest BCUT2D eigenvalue weighted by atomic mass is 28.3. The predicted molar refractivity (Wildman–Crippen MR) is 46.8 cm³/mol. The lowest BCUT2D eigenvalue weighted by Crippen LogP contribution is -2.40. The Bertz CT molecular complexity index is 195. The summed E-state index contributed by atoms with van der Waals surface area (Å²) in [7, 11) is -2.63. The Kier molecular flexibility index (Phi) is 4.38. The maximum Gasteiger partial charge on any atom is 0.221 e. The van der Waals surface area contributed by atoms with Crippen molar-refractivity contribution >= 4 is 25.6 Å². The van der Waals surface area contributed by atoms with Crippen LogP contribution in [0.3, 0.4) is 0 Å². The van der Waals surface area contributed by atoms with E-state index in [0.717, 1.165) is 17.5 Å². The summed E-state index contributed by atoms with van der Waals surface area (Å²) in [6.45, 7) is 3.44. The lowest BCUT2D eigenvalue weighted by molar-refractivity contribution is 0.321. The van der Waals surface area contributed by atoms with Crippen molar-refractivity contribution < 1.29 is 15.6 Å². The molecule has 0 aromatic rings. The molecule has 0 aromatic heterocycles. The smallest absolute Gasteiger partial charge is 0.221 e. The van der Waals surface area contributed by atoms with Crippen LogP contribution in [0.15, 0.2) is 27.7 Å². The number of hydrogen-bond donors (Lipinski definition) is 3. The van der Waals surface area contributed by atoms with E-state index in [1.54, 1.807) is 0 Å². The second-order valence-electron chi connectivity index (χ2n) is 1.94. The lowest BCUT2D eigenvalue weighted by atomic mass is 11.3. The van der Waals surface area contributed by atoms with Gasteiger partial charge in [0.05, 0.1) is 0 Å². The van der Waals surface area contributed by atoms with E-state index < -0.39 is 8.07 Å². The monoisotopic (exact) mass is 187 g/mol. The molecule has 0 aromatic carbocycles. The molecule has 0 bridgehead atoms. The van der Waals surface area contributed by atoms with Gasteiger partial charge in [-0.25, -0.2) is 0 Å². The molecule has 0 saturated heterocycles. The van der Waals surface area contributed by atoms with E-state index in [1.165, 1.54) is 5.70 Å². The Balaban J connectivity index is 4.87. The van der Waals surface area contributed by atoms with Crippen molar-refractivity contribution in [1.29, 1.82) is 0 Å². The maximum absolute atomic E-state index is 8.26. The number of hydrogen-bond acceptors (Lipinski definition) is 6. The van der Waals surface area contributed by atoms with Crippen LogP contribution in [0, 0.1) is 0 Å². The van der Waals surface area contributed by atoms with Crippen LogP contribution < -0.4 is 0 Å². The summed E-state index contributed by atoms with van der Waals surface area (Å²) < 4.78 is 0. The van der Waals surface area contributed by atoms with Crippen LogP contribution in [0.1, 0.15) is 0 Å². The van der Waals surface area contributed by atoms with Gasteiger partial charge in [0.2, 0.25) is 8.07 Å². The first-order valence-electron chi connectivity index (χ1n) is 2.94. The zero-order chi connectivity index (χ0) is 9.45. The van der Waals surface area contributed by atoms with Gasteiger partial charge in [-0.3, -0.25) is 0 Å². The van der Waals surface area contributed by atoms with Crippen molar-refractivity contribution in [3.8, 4) is 0 Å². The Morgan fingerprint density at radius 2 is 1.25 bits per heavy atom. The van der Waals surface area contributed by atoms with E-state index in [2.05, 4.69) is 22.0 Å². The summed E-state index contributed by atoms with van der Waals surface area (Å²) in [6, 6.07) is 0. The molecule has 12 heavy (non-hydrogen) atoms. The summed E-state index contributed by atoms with van der Waals surface area (Å²) in [4.78, 5) is 0. The van der Waals surface area contributed by atoms with Crippen molar-refractivity contribution in [2.45, 2.75) is 0 Å².